The molecule has 3 nitrogen and oxygen atoms in total. The zero-order valence-corrected chi connectivity index (χ0v) is 15.0. The van der Waals surface area contributed by atoms with Crippen molar-refractivity contribution >= 4 is 11.0 Å². The minimum absolute atomic E-state index is 0.206. The van der Waals surface area contributed by atoms with E-state index < -0.39 is 0 Å². The summed E-state index contributed by atoms with van der Waals surface area (Å²) in [4.78, 5) is 12.8. The summed E-state index contributed by atoms with van der Waals surface area (Å²) in [7, 11) is 1.50. The number of ether oxygens (including phenoxy) is 1. The zero-order chi connectivity index (χ0) is 19.5. The van der Waals surface area contributed by atoms with Crippen molar-refractivity contribution in [2.75, 3.05) is 7.11 Å². The fourth-order valence-electron chi connectivity index (χ4n) is 2.92. The van der Waals surface area contributed by atoms with E-state index in [-0.39, 0.29) is 11.2 Å². The molecule has 3 aromatic carbocycles. The number of halogens is 1. The molecular weight excluding hydrogens is 355 g/mol. The van der Waals surface area contributed by atoms with Gasteiger partial charge in [-0.05, 0) is 36.4 Å². The molecule has 0 radical (unpaired) electrons. The maximum atomic E-state index is 13.1. The molecule has 4 rings (SSSR count). The van der Waals surface area contributed by atoms with Crippen LogP contribution in [-0.2, 0) is 0 Å². The Labute approximate surface area is 161 Å². The van der Waals surface area contributed by atoms with Crippen molar-refractivity contribution in [2.45, 2.75) is 0 Å². The third-order valence-corrected chi connectivity index (χ3v) is 4.30. The quantitative estimate of drug-likeness (QED) is 0.466. The average molecular weight is 370 g/mol. The zero-order valence-electron chi connectivity index (χ0n) is 15.0. The van der Waals surface area contributed by atoms with E-state index >= 15 is 0 Å². The van der Waals surface area contributed by atoms with Crippen LogP contribution in [0.4, 0.5) is 4.39 Å². The third-order valence-electron chi connectivity index (χ3n) is 4.30. The predicted molar refractivity (Wildman–Crippen MR) is 107 cm³/mol. The summed E-state index contributed by atoms with van der Waals surface area (Å²) in [6, 6.07) is 20.2. The molecule has 0 aliphatic rings. The number of methoxy groups -OCH3 is 1. The van der Waals surface area contributed by atoms with Crippen LogP contribution in [0.2, 0.25) is 0 Å². The molecule has 1 heterocycles. The normalized spacial score (nSPS) is 10.4. The van der Waals surface area contributed by atoms with Crippen LogP contribution in [0.15, 0.2) is 82.0 Å². The van der Waals surface area contributed by atoms with Crippen molar-refractivity contribution in [3.8, 4) is 28.9 Å². The lowest BCUT2D eigenvalue weighted by molar-refractivity contribution is 0.418. The van der Waals surface area contributed by atoms with Crippen LogP contribution in [0, 0.1) is 17.7 Å². The van der Waals surface area contributed by atoms with Crippen LogP contribution >= 0.6 is 0 Å². The summed E-state index contributed by atoms with van der Waals surface area (Å²) >= 11 is 0. The van der Waals surface area contributed by atoms with Crippen LogP contribution in [0.25, 0.3) is 22.3 Å². The fraction of sp³-hybridized carbons (Fsp3) is 0.0417. The van der Waals surface area contributed by atoms with Crippen molar-refractivity contribution in [3.05, 3.63) is 100.0 Å². The molecule has 0 saturated heterocycles. The van der Waals surface area contributed by atoms with Gasteiger partial charge in [0.15, 0.2) is 11.0 Å². The van der Waals surface area contributed by atoms with E-state index in [0.29, 0.717) is 33.6 Å². The van der Waals surface area contributed by atoms with Gasteiger partial charge in [0.2, 0.25) is 0 Å². The Kier molecular flexibility index (Phi) is 4.65. The highest BCUT2D eigenvalue weighted by atomic mass is 19.1. The van der Waals surface area contributed by atoms with Crippen molar-refractivity contribution < 1.29 is 13.5 Å². The Bertz CT molecular complexity index is 1260. The third kappa shape index (κ3) is 3.38. The van der Waals surface area contributed by atoms with Gasteiger partial charge in [-0.3, -0.25) is 4.79 Å². The lowest BCUT2D eigenvalue weighted by Crippen LogP contribution is -2.04. The maximum absolute atomic E-state index is 13.1. The molecule has 0 fully saturated rings. The van der Waals surface area contributed by atoms with Gasteiger partial charge in [0.25, 0.3) is 0 Å². The first kappa shape index (κ1) is 17.6. The molecular formula is C24H15FO3. The van der Waals surface area contributed by atoms with Gasteiger partial charge in [0.1, 0.15) is 22.7 Å². The molecule has 0 bridgehead atoms. The van der Waals surface area contributed by atoms with Crippen molar-refractivity contribution in [1.82, 2.24) is 0 Å². The predicted octanol–water partition coefficient (Wildman–Crippen LogP) is 5.01. The SMILES string of the molecule is COc1ccc(C#Cc2ccc(F)cc2)c2oc(-c3ccccc3)cc(=O)c12. The second-order valence-corrected chi connectivity index (χ2v) is 6.12. The van der Waals surface area contributed by atoms with E-state index in [1.165, 1.54) is 25.3 Å². The Balaban J connectivity index is 1.93. The summed E-state index contributed by atoms with van der Waals surface area (Å²) < 4.78 is 24.5. The molecule has 0 spiro atoms. The van der Waals surface area contributed by atoms with Crippen LogP contribution in [0.5, 0.6) is 5.75 Å². The molecule has 4 heteroatoms. The van der Waals surface area contributed by atoms with Gasteiger partial charge in [-0.15, -0.1) is 0 Å². The number of hydrogen-bond acceptors (Lipinski definition) is 3. The Hall–Kier alpha value is -3.84. The van der Waals surface area contributed by atoms with E-state index in [1.54, 1.807) is 24.3 Å². The van der Waals surface area contributed by atoms with Gasteiger partial charge < -0.3 is 9.15 Å². The van der Waals surface area contributed by atoms with Crippen molar-refractivity contribution in [3.63, 3.8) is 0 Å². The van der Waals surface area contributed by atoms with Crippen LogP contribution in [-0.4, -0.2) is 7.11 Å². The van der Waals surface area contributed by atoms with Crippen molar-refractivity contribution in [2.24, 2.45) is 0 Å². The maximum Gasteiger partial charge on any atom is 0.197 e. The highest BCUT2D eigenvalue weighted by molar-refractivity contribution is 5.89. The molecule has 0 atom stereocenters. The second-order valence-electron chi connectivity index (χ2n) is 6.12. The van der Waals surface area contributed by atoms with Gasteiger partial charge >= 0.3 is 0 Å². The average Bonchev–Trinajstić information content (AvgIpc) is 2.73. The Morgan fingerprint density at radius 3 is 2.39 bits per heavy atom. The number of fused-ring (bicyclic) bond motifs is 1. The molecule has 0 aliphatic heterocycles. The fourth-order valence-corrected chi connectivity index (χ4v) is 2.92. The topological polar surface area (TPSA) is 39.4 Å². The molecule has 1 aromatic heterocycles. The van der Waals surface area contributed by atoms with Gasteiger partial charge in [-0.1, -0.05) is 42.2 Å². The molecule has 136 valence electrons. The first-order valence-corrected chi connectivity index (χ1v) is 8.63. The summed E-state index contributed by atoms with van der Waals surface area (Å²) in [6.07, 6.45) is 0. The minimum atomic E-state index is -0.320. The van der Waals surface area contributed by atoms with E-state index in [4.69, 9.17) is 9.15 Å². The van der Waals surface area contributed by atoms with Gasteiger partial charge in [0, 0.05) is 17.2 Å². The van der Waals surface area contributed by atoms with Crippen molar-refractivity contribution in [1.29, 1.82) is 0 Å². The monoisotopic (exact) mass is 370 g/mol. The van der Waals surface area contributed by atoms with Crippen LogP contribution in [0.1, 0.15) is 11.1 Å². The Morgan fingerprint density at radius 2 is 1.68 bits per heavy atom. The van der Waals surface area contributed by atoms with Gasteiger partial charge in [-0.2, -0.15) is 0 Å². The van der Waals surface area contributed by atoms with E-state index in [9.17, 15) is 9.18 Å². The molecule has 28 heavy (non-hydrogen) atoms. The standard InChI is InChI=1S/C24H15FO3/c1-27-21-14-11-18(10-7-16-8-12-19(25)13-9-16)24-23(21)20(26)15-22(28-24)17-5-3-2-4-6-17/h2-6,8-9,11-15H,1H3. The van der Waals surface area contributed by atoms with Crippen LogP contribution < -0.4 is 10.2 Å². The van der Waals surface area contributed by atoms with Crippen LogP contribution in [0.3, 0.4) is 0 Å². The first-order valence-electron chi connectivity index (χ1n) is 8.63. The highest BCUT2D eigenvalue weighted by Crippen LogP contribution is 2.29. The summed E-state index contributed by atoms with van der Waals surface area (Å²) in [6.45, 7) is 0. The van der Waals surface area contributed by atoms with Gasteiger partial charge in [0.05, 0.1) is 12.7 Å². The van der Waals surface area contributed by atoms with E-state index in [2.05, 4.69) is 11.8 Å². The number of hydrogen-bond donors (Lipinski definition) is 0. The molecule has 4 aromatic rings. The largest absolute Gasteiger partial charge is 0.496 e. The second kappa shape index (κ2) is 7.42. The lowest BCUT2D eigenvalue weighted by Gasteiger charge is -2.08. The summed E-state index contributed by atoms with van der Waals surface area (Å²) in [5.74, 6) is 6.56. The Morgan fingerprint density at radius 1 is 0.929 bits per heavy atom. The molecule has 0 saturated carbocycles. The first-order chi connectivity index (χ1) is 13.7. The number of rotatable bonds is 2. The van der Waals surface area contributed by atoms with E-state index in [1.807, 2.05) is 30.3 Å². The molecule has 0 aliphatic carbocycles. The highest BCUT2D eigenvalue weighted by Gasteiger charge is 2.14. The molecule has 0 unspecified atom stereocenters. The lowest BCUT2D eigenvalue weighted by atomic mass is 10.1. The summed E-state index contributed by atoms with van der Waals surface area (Å²) in [5.41, 5.74) is 2.16. The van der Waals surface area contributed by atoms with E-state index in [0.717, 1.165) is 5.56 Å². The molecule has 0 amide bonds. The number of benzene rings is 3. The molecule has 0 N–H and O–H groups in total. The smallest absolute Gasteiger partial charge is 0.197 e. The summed E-state index contributed by atoms with van der Waals surface area (Å²) in [5, 5.41) is 0.341. The van der Waals surface area contributed by atoms with Gasteiger partial charge in [-0.25, -0.2) is 4.39 Å². The minimum Gasteiger partial charge on any atom is -0.496 e.